The van der Waals surface area contributed by atoms with Gasteiger partial charge in [0.1, 0.15) is 12.4 Å². The summed E-state index contributed by atoms with van der Waals surface area (Å²) in [4.78, 5) is 28.5. The fourth-order valence-corrected chi connectivity index (χ4v) is 7.31. The summed E-state index contributed by atoms with van der Waals surface area (Å²) in [5.41, 5.74) is 6.08. The first-order valence-corrected chi connectivity index (χ1v) is 15.6. The highest BCUT2D eigenvalue weighted by atomic mass is 19.1. The molecular weight excluding hydrogens is 545 g/mol. The minimum atomic E-state index is -0.217. The molecule has 0 spiro atoms. The van der Waals surface area contributed by atoms with Crippen molar-refractivity contribution in [3.05, 3.63) is 53.5 Å². The molecule has 1 amide bonds. The molecule has 1 aromatic heterocycles. The third-order valence-corrected chi connectivity index (χ3v) is 9.69. The summed E-state index contributed by atoms with van der Waals surface area (Å²) < 4.78 is 21.2. The van der Waals surface area contributed by atoms with E-state index in [9.17, 15) is 14.4 Å². The van der Waals surface area contributed by atoms with E-state index in [0.717, 1.165) is 73.6 Å². The van der Waals surface area contributed by atoms with Crippen LogP contribution in [0.25, 0.3) is 0 Å². The smallest absolute Gasteiger partial charge is 0.246 e. The molecule has 2 atom stereocenters. The summed E-state index contributed by atoms with van der Waals surface area (Å²) in [6, 6.07) is 8.01. The van der Waals surface area contributed by atoms with Crippen LogP contribution < -0.4 is 19.4 Å². The van der Waals surface area contributed by atoms with Gasteiger partial charge in [-0.1, -0.05) is 6.58 Å². The van der Waals surface area contributed by atoms with Gasteiger partial charge < -0.3 is 29.2 Å². The molecule has 1 aromatic carbocycles. The van der Waals surface area contributed by atoms with E-state index in [-0.39, 0.29) is 24.2 Å². The Balaban J connectivity index is 1.33. The number of amides is 1. The summed E-state index contributed by atoms with van der Waals surface area (Å²) in [6.45, 7) is 9.37. The van der Waals surface area contributed by atoms with E-state index < -0.39 is 0 Å². The Morgan fingerprint density at radius 1 is 1.09 bits per heavy atom. The second-order valence-electron chi connectivity index (χ2n) is 12.3. The molecule has 5 heterocycles. The zero-order valence-corrected chi connectivity index (χ0v) is 25.4. The monoisotopic (exact) mass is 587 g/mol. The minimum Gasteiger partial charge on any atom is -0.476 e. The molecule has 2 aromatic rings. The van der Waals surface area contributed by atoms with Crippen LogP contribution in [0.4, 0.5) is 21.5 Å². The first-order valence-electron chi connectivity index (χ1n) is 15.6. The molecule has 43 heavy (non-hydrogen) atoms. The van der Waals surface area contributed by atoms with Crippen molar-refractivity contribution in [3.63, 3.8) is 0 Å². The average Bonchev–Trinajstić information content (AvgIpc) is 3.44. The largest absolute Gasteiger partial charge is 0.476 e. The maximum atomic E-state index is 14.8. The number of nitriles is 1. The highest BCUT2D eigenvalue weighted by Gasteiger charge is 2.33. The Bertz CT molecular complexity index is 1420. The van der Waals surface area contributed by atoms with Gasteiger partial charge in [0.05, 0.1) is 42.1 Å². The number of likely N-dealkylation sites (tertiary alicyclic amines) is 1. The number of rotatable bonds is 7. The number of halogens is 1. The Hall–Kier alpha value is -3.84. The number of piperazine rings is 1. The number of likely N-dealkylation sites (N-methyl/N-ethyl adjacent to an activating group) is 1. The van der Waals surface area contributed by atoms with Crippen molar-refractivity contribution in [3.8, 4) is 11.9 Å². The number of anilines is 3. The van der Waals surface area contributed by atoms with Crippen molar-refractivity contribution >= 4 is 23.0 Å². The lowest BCUT2D eigenvalue weighted by atomic mass is 9.96. The zero-order valence-electron chi connectivity index (χ0n) is 25.4. The summed E-state index contributed by atoms with van der Waals surface area (Å²) in [7, 11) is 4.19. The van der Waals surface area contributed by atoms with Crippen molar-refractivity contribution < 1.29 is 13.9 Å². The van der Waals surface area contributed by atoms with Gasteiger partial charge in [0, 0.05) is 68.7 Å². The SMILES string of the molecule is C=CC(=O)N1CCN(c2cc(OC[C@@H]3CCCN3C)nc3c2CCN(c2ccc(F)c4c2N(C)CCC4)C3)C[C@@H]1CC#N. The van der Waals surface area contributed by atoms with Crippen LogP contribution in [-0.4, -0.2) is 92.7 Å². The van der Waals surface area contributed by atoms with Crippen molar-refractivity contribution in [1.29, 1.82) is 5.26 Å². The lowest BCUT2D eigenvalue weighted by Crippen LogP contribution is -2.55. The van der Waals surface area contributed by atoms with E-state index in [4.69, 9.17) is 9.72 Å². The zero-order chi connectivity index (χ0) is 30.1. The first-order chi connectivity index (χ1) is 20.9. The molecule has 2 fully saturated rings. The number of fused-ring (bicyclic) bond motifs is 2. The molecule has 228 valence electrons. The van der Waals surface area contributed by atoms with Crippen LogP contribution in [0.1, 0.15) is 42.5 Å². The fourth-order valence-electron chi connectivity index (χ4n) is 7.31. The van der Waals surface area contributed by atoms with E-state index in [2.05, 4.69) is 52.4 Å². The van der Waals surface area contributed by atoms with Crippen LogP contribution >= 0.6 is 0 Å². The molecule has 0 saturated carbocycles. The summed E-state index contributed by atoms with van der Waals surface area (Å²) in [6.07, 6.45) is 6.37. The van der Waals surface area contributed by atoms with Crippen LogP contribution in [-0.2, 0) is 24.2 Å². The van der Waals surface area contributed by atoms with E-state index >= 15 is 0 Å². The van der Waals surface area contributed by atoms with Crippen LogP contribution in [0.3, 0.4) is 0 Å². The molecule has 0 radical (unpaired) electrons. The summed E-state index contributed by atoms with van der Waals surface area (Å²) >= 11 is 0. The molecule has 4 aliphatic heterocycles. The Morgan fingerprint density at radius 3 is 2.72 bits per heavy atom. The van der Waals surface area contributed by atoms with Gasteiger partial charge in [-0.05, 0) is 63.9 Å². The van der Waals surface area contributed by atoms with Gasteiger partial charge in [0.15, 0.2) is 0 Å². The van der Waals surface area contributed by atoms with Crippen molar-refractivity contribution in [2.24, 2.45) is 0 Å². The number of pyridine rings is 1. The minimum absolute atomic E-state index is 0.128. The highest BCUT2D eigenvalue weighted by molar-refractivity contribution is 5.87. The number of carbonyl (C=O) groups is 1. The topological polar surface area (TPSA) is 79.2 Å². The van der Waals surface area contributed by atoms with Crippen LogP contribution in [0.2, 0.25) is 0 Å². The number of hydrogen-bond acceptors (Lipinski definition) is 8. The summed E-state index contributed by atoms with van der Waals surface area (Å²) in [5, 5.41) is 9.54. The molecule has 9 nitrogen and oxygen atoms in total. The third-order valence-electron chi connectivity index (χ3n) is 9.69. The van der Waals surface area contributed by atoms with Crippen LogP contribution in [0, 0.1) is 17.1 Å². The molecule has 6 rings (SSSR count). The highest BCUT2D eigenvalue weighted by Crippen LogP contribution is 2.41. The molecule has 0 unspecified atom stereocenters. The van der Waals surface area contributed by atoms with E-state index in [1.807, 2.05) is 6.07 Å². The van der Waals surface area contributed by atoms with Gasteiger partial charge in [-0.3, -0.25) is 4.79 Å². The van der Waals surface area contributed by atoms with Gasteiger partial charge in [-0.25, -0.2) is 9.37 Å². The summed E-state index contributed by atoms with van der Waals surface area (Å²) in [5.74, 6) is 0.344. The Kier molecular flexibility index (Phi) is 8.44. The van der Waals surface area contributed by atoms with Crippen LogP contribution in [0.5, 0.6) is 5.88 Å². The molecule has 0 aliphatic carbocycles. The quantitative estimate of drug-likeness (QED) is 0.454. The molecular formula is C33H42FN7O2. The maximum Gasteiger partial charge on any atom is 0.246 e. The fraction of sp³-hybridized carbons (Fsp3) is 0.545. The van der Waals surface area contributed by atoms with Gasteiger partial charge in [0.2, 0.25) is 11.8 Å². The normalized spacial score (nSPS) is 22.2. The van der Waals surface area contributed by atoms with Gasteiger partial charge in [-0.2, -0.15) is 5.26 Å². The lowest BCUT2D eigenvalue weighted by molar-refractivity contribution is -0.128. The van der Waals surface area contributed by atoms with E-state index in [1.165, 1.54) is 18.1 Å². The van der Waals surface area contributed by atoms with E-state index in [1.54, 1.807) is 11.0 Å². The van der Waals surface area contributed by atoms with Gasteiger partial charge in [0.25, 0.3) is 0 Å². The predicted octanol–water partition coefficient (Wildman–Crippen LogP) is 3.76. The number of aromatic nitrogens is 1. The Morgan fingerprint density at radius 2 is 1.95 bits per heavy atom. The number of nitrogens with zero attached hydrogens (tertiary/aromatic N) is 7. The first kappa shape index (κ1) is 29.2. The Labute approximate surface area is 254 Å². The van der Waals surface area contributed by atoms with E-state index in [0.29, 0.717) is 44.7 Å². The predicted molar refractivity (Wildman–Crippen MR) is 166 cm³/mol. The molecule has 0 bridgehead atoms. The van der Waals surface area contributed by atoms with Crippen molar-refractivity contribution in [2.45, 2.75) is 57.2 Å². The second kappa shape index (κ2) is 12.4. The number of benzene rings is 1. The molecule has 4 aliphatic rings. The maximum absolute atomic E-state index is 14.8. The third kappa shape index (κ3) is 5.75. The van der Waals surface area contributed by atoms with Crippen LogP contribution in [0.15, 0.2) is 30.9 Å². The lowest BCUT2D eigenvalue weighted by Gasteiger charge is -2.43. The van der Waals surface area contributed by atoms with Gasteiger partial charge >= 0.3 is 0 Å². The number of ether oxygens (including phenoxy) is 1. The molecule has 0 N–H and O–H groups in total. The van der Waals surface area contributed by atoms with Crippen molar-refractivity contribution in [2.75, 3.05) is 74.7 Å². The number of hydrogen-bond donors (Lipinski definition) is 0. The number of carbonyl (C=O) groups excluding carboxylic acids is 1. The molecule has 2 saturated heterocycles. The standard InChI is InChI=1S/C33H42FN7O2/c1-4-32(42)41-18-17-40(20-23(41)11-13-35)30-19-31(43-22-24-7-5-14-37(24)2)36-28-21-39(16-12-26(28)30)29-10-9-27(34)25-8-6-15-38(3)33(25)29/h4,9-10,19,23-24H,1,5-8,11-12,14-18,20-22H2,2-3H3/t23-,24-/m0/s1. The van der Waals surface area contributed by atoms with Crippen molar-refractivity contribution in [1.82, 2.24) is 14.8 Å². The van der Waals surface area contributed by atoms with Gasteiger partial charge in [-0.15, -0.1) is 0 Å². The molecule has 10 heteroatoms. The second-order valence-corrected chi connectivity index (χ2v) is 12.3. The average molecular weight is 588 g/mol.